The van der Waals surface area contributed by atoms with Gasteiger partial charge in [0.25, 0.3) is 5.91 Å². The van der Waals surface area contributed by atoms with Gasteiger partial charge in [-0.2, -0.15) is 5.10 Å². The van der Waals surface area contributed by atoms with Crippen molar-refractivity contribution in [2.45, 2.75) is 57.7 Å². The predicted octanol–water partition coefficient (Wildman–Crippen LogP) is 1.67. The summed E-state index contributed by atoms with van der Waals surface area (Å²) < 4.78 is 1.65. The molecule has 0 radical (unpaired) electrons. The van der Waals surface area contributed by atoms with Gasteiger partial charge in [-0.25, -0.2) is 0 Å². The van der Waals surface area contributed by atoms with Crippen molar-refractivity contribution in [3.63, 3.8) is 0 Å². The Morgan fingerprint density at radius 3 is 2.67 bits per heavy atom. The second-order valence-electron chi connectivity index (χ2n) is 7.96. The Morgan fingerprint density at radius 1 is 1.13 bits per heavy atom. The van der Waals surface area contributed by atoms with Crippen LogP contribution in [0.25, 0.3) is 0 Å². The van der Waals surface area contributed by atoms with Crippen molar-refractivity contribution >= 4 is 11.8 Å². The third-order valence-corrected chi connectivity index (χ3v) is 5.77. The van der Waals surface area contributed by atoms with Crippen LogP contribution >= 0.6 is 0 Å². The highest BCUT2D eigenvalue weighted by Gasteiger charge is 2.32. The Labute approximate surface area is 178 Å². The van der Waals surface area contributed by atoms with Gasteiger partial charge in [-0.1, -0.05) is 19.4 Å². The topological polar surface area (TPSA) is 92.1 Å². The number of likely N-dealkylation sites (N-methyl/N-ethyl adjacent to an activating group) is 1. The monoisotopic (exact) mass is 412 g/mol. The Bertz CT molecular complexity index is 851. The lowest BCUT2D eigenvalue weighted by Gasteiger charge is -2.25. The molecule has 2 aromatic heterocycles. The minimum absolute atomic E-state index is 0.0283. The molecular formula is C22H32N6O2. The third kappa shape index (κ3) is 5.66. The molecule has 0 aromatic carbocycles. The van der Waals surface area contributed by atoms with E-state index in [4.69, 9.17) is 0 Å². The summed E-state index contributed by atoms with van der Waals surface area (Å²) in [5, 5.41) is 10.4. The average Bonchev–Trinajstić information content (AvgIpc) is 3.28. The van der Waals surface area contributed by atoms with E-state index >= 15 is 0 Å². The van der Waals surface area contributed by atoms with Crippen LogP contribution in [0.1, 0.15) is 54.5 Å². The number of nitrogens with one attached hydrogen (secondary N) is 2. The molecule has 0 bridgehead atoms. The zero-order chi connectivity index (χ0) is 21.5. The number of pyridine rings is 1. The number of rotatable bonds is 9. The Morgan fingerprint density at radius 2 is 1.93 bits per heavy atom. The predicted molar refractivity (Wildman–Crippen MR) is 115 cm³/mol. The van der Waals surface area contributed by atoms with Crippen molar-refractivity contribution in [1.82, 2.24) is 30.3 Å². The van der Waals surface area contributed by atoms with Crippen LogP contribution in [0, 0.1) is 0 Å². The van der Waals surface area contributed by atoms with Crippen molar-refractivity contribution in [2.24, 2.45) is 7.05 Å². The van der Waals surface area contributed by atoms with Crippen LogP contribution in [-0.4, -0.2) is 57.2 Å². The normalized spacial score (nSPS) is 19.0. The van der Waals surface area contributed by atoms with E-state index in [-0.39, 0.29) is 23.9 Å². The highest BCUT2D eigenvalue weighted by Crippen LogP contribution is 2.24. The first kappa shape index (κ1) is 22.0. The minimum Gasteiger partial charge on any atom is -0.350 e. The fourth-order valence-corrected chi connectivity index (χ4v) is 3.98. The van der Waals surface area contributed by atoms with E-state index in [1.54, 1.807) is 17.9 Å². The third-order valence-electron chi connectivity index (χ3n) is 5.77. The second-order valence-corrected chi connectivity index (χ2v) is 7.96. The number of likely N-dealkylation sites (tertiary alicyclic amines) is 1. The van der Waals surface area contributed by atoms with Gasteiger partial charge in [0.15, 0.2) is 0 Å². The van der Waals surface area contributed by atoms with Gasteiger partial charge in [0.1, 0.15) is 5.69 Å². The van der Waals surface area contributed by atoms with Gasteiger partial charge in [-0.3, -0.25) is 24.2 Å². The molecule has 162 valence electrons. The quantitative estimate of drug-likeness (QED) is 0.654. The Balaban J connectivity index is 1.44. The maximum absolute atomic E-state index is 12.6. The number of aromatic nitrogens is 3. The molecule has 1 aliphatic heterocycles. The molecule has 0 spiro atoms. The molecule has 8 nitrogen and oxygen atoms in total. The summed E-state index contributed by atoms with van der Waals surface area (Å²) in [5.41, 5.74) is 2.38. The Kier molecular flexibility index (Phi) is 7.57. The molecule has 1 saturated heterocycles. The lowest BCUT2D eigenvalue weighted by molar-refractivity contribution is -0.122. The molecule has 0 unspecified atom stereocenters. The van der Waals surface area contributed by atoms with E-state index in [2.05, 4.69) is 32.5 Å². The van der Waals surface area contributed by atoms with Gasteiger partial charge in [-0.15, -0.1) is 0 Å². The molecule has 1 fully saturated rings. The summed E-state index contributed by atoms with van der Waals surface area (Å²) in [6, 6.07) is 7.94. The molecule has 2 atom stereocenters. The van der Waals surface area contributed by atoms with Crippen molar-refractivity contribution < 1.29 is 9.59 Å². The average molecular weight is 413 g/mol. The summed E-state index contributed by atoms with van der Waals surface area (Å²) in [6.07, 6.45) is 5.96. The first-order chi connectivity index (χ1) is 14.5. The van der Waals surface area contributed by atoms with Crippen LogP contribution in [-0.2, 0) is 24.8 Å². The highest BCUT2D eigenvalue weighted by atomic mass is 16.2. The molecule has 3 heterocycles. The van der Waals surface area contributed by atoms with Gasteiger partial charge in [0, 0.05) is 38.3 Å². The molecule has 2 N–H and O–H groups in total. The number of hydrogen-bond donors (Lipinski definition) is 2. The summed E-state index contributed by atoms with van der Waals surface area (Å²) >= 11 is 0. The maximum Gasteiger partial charge on any atom is 0.269 e. The summed E-state index contributed by atoms with van der Waals surface area (Å²) in [6.45, 7) is 3.11. The molecule has 2 aromatic rings. The number of carbonyl (C=O) groups is 2. The van der Waals surface area contributed by atoms with Crippen molar-refractivity contribution in [2.75, 3.05) is 13.6 Å². The van der Waals surface area contributed by atoms with Crippen molar-refractivity contribution in [1.29, 1.82) is 0 Å². The number of amides is 2. The molecule has 3 rings (SSSR count). The highest BCUT2D eigenvalue weighted by molar-refractivity contribution is 5.92. The number of nitrogens with zero attached hydrogens (tertiary/aromatic N) is 4. The second kappa shape index (κ2) is 10.3. The summed E-state index contributed by atoms with van der Waals surface area (Å²) in [4.78, 5) is 31.3. The van der Waals surface area contributed by atoms with Gasteiger partial charge in [-0.05, 0) is 44.5 Å². The van der Waals surface area contributed by atoms with Crippen LogP contribution in [0.5, 0.6) is 0 Å². The summed E-state index contributed by atoms with van der Waals surface area (Å²) in [7, 11) is 3.83. The lowest BCUT2D eigenvalue weighted by atomic mass is 10.1. The standard InChI is InChI=1S/C22H32N6O2/c1-4-7-16-12-20(28(3)26-16)22(30)25-15-19-10-9-18(27(19)2)13-21(29)24-14-17-8-5-6-11-23-17/h5-6,8,11-12,18-19H,4,7,9-10,13-15H2,1-3H3,(H,24,29)(H,25,30)/t18-,19+/m1/s1. The maximum atomic E-state index is 12.6. The van der Waals surface area contributed by atoms with Crippen LogP contribution in [0.4, 0.5) is 0 Å². The minimum atomic E-state index is -0.0997. The zero-order valence-corrected chi connectivity index (χ0v) is 18.1. The van der Waals surface area contributed by atoms with Gasteiger partial charge in [0.05, 0.1) is 17.9 Å². The Hall–Kier alpha value is -2.74. The first-order valence-corrected chi connectivity index (χ1v) is 10.7. The summed E-state index contributed by atoms with van der Waals surface area (Å²) in [5.74, 6) is -0.0714. The molecule has 30 heavy (non-hydrogen) atoms. The van der Waals surface area contributed by atoms with Crippen LogP contribution in [0.15, 0.2) is 30.5 Å². The fourth-order valence-electron chi connectivity index (χ4n) is 3.98. The lowest BCUT2D eigenvalue weighted by Crippen LogP contribution is -2.42. The number of carbonyl (C=O) groups excluding carboxylic acids is 2. The van der Waals surface area contributed by atoms with Crippen LogP contribution in [0.3, 0.4) is 0 Å². The molecular weight excluding hydrogens is 380 g/mol. The smallest absolute Gasteiger partial charge is 0.269 e. The van der Waals surface area contributed by atoms with E-state index in [1.165, 1.54) is 0 Å². The van der Waals surface area contributed by atoms with Gasteiger partial charge in [0.2, 0.25) is 5.91 Å². The zero-order valence-electron chi connectivity index (χ0n) is 18.1. The van der Waals surface area contributed by atoms with Crippen molar-refractivity contribution in [3.05, 3.63) is 47.5 Å². The van der Waals surface area contributed by atoms with Gasteiger partial charge >= 0.3 is 0 Å². The number of aryl methyl sites for hydroxylation is 2. The van der Waals surface area contributed by atoms with Gasteiger partial charge < -0.3 is 10.6 Å². The van der Waals surface area contributed by atoms with Crippen molar-refractivity contribution in [3.8, 4) is 0 Å². The van der Waals surface area contributed by atoms with E-state index in [9.17, 15) is 9.59 Å². The first-order valence-electron chi connectivity index (χ1n) is 10.7. The van der Waals surface area contributed by atoms with Crippen LogP contribution < -0.4 is 10.6 Å². The largest absolute Gasteiger partial charge is 0.350 e. The molecule has 8 heteroatoms. The van der Waals surface area contributed by atoms with E-state index < -0.39 is 0 Å². The molecule has 1 aliphatic rings. The van der Waals surface area contributed by atoms with E-state index in [0.29, 0.717) is 25.2 Å². The van der Waals surface area contributed by atoms with Crippen LogP contribution in [0.2, 0.25) is 0 Å². The molecule has 2 amide bonds. The van der Waals surface area contributed by atoms with E-state index in [0.717, 1.165) is 37.1 Å². The van der Waals surface area contributed by atoms with E-state index in [1.807, 2.05) is 31.3 Å². The fraction of sp³-hybridized carbons (Fsp3) is 0.545. The molecule has 0 saturated carbocycles. The molecule has 0 aliphatic carbocycles. The number of hydrogen-bond acceptors (Lipinski definition) is 5. The SMILES string of the molecule is CCCc1cc(C(=O)NC[C@@H]2CC[C@H](CC(=O)NCc3ccccn3)N2C)n(C)n1.